The van der Waals surface area contributed by atoms with Gasteiger partial charge in [0.1, 0.15) is 5.75 Å². The molecule has 1 heterocycles. The zero-order valence-corrected chi connectivity index (χ0v) is 12.3. The molecule has 0 radical (unpaired) electrons. The van der Waals surface area contributed by atoms with Crippen LogP contribution in [-0.4, -0.2) is 19.7 Å². The molecule has 0 unspecified atom stereocenters. The van der Waals surface area contributed by atoms with E-state index < -0.39 is 0 Å². The Hall–Kier alpha value is -0.730. The summed E-state index contributed by atoms with van der Waals surface area (Å²) in [7, 11) is 0. The minimum absolute atomic E-state index is 0. The van der Waals surface area contributed by atoms with E-state index in [4.69, 9.17) is 4.74 Å². The van der Waals surface area contributed by atoms with E-state index in [0.717, 1.165) is 31.4 Å². The smallest absolute Gasteiger partial charge is 0.122 e. The summed E-state index contributed by atoms with van der Waals surface area (Å²) in [6.45, 7) is 3.21. The SMILES string of the molecule is Cl.c1cc2c(c(OCC3CCNCC3)c1)CCCC2. The zero-order chi connectivity index (χ0) is 12.2. The molecule has 0 bridgehead atoms. The van der Waals surface area contributed by atoms with Gasteiger partial charge >= 0.3 is 0 Å². The number of fused-ring (bicyclic) bond motifs is 1. The van der Waals surface area contributed by atoms with E-state index in [1.165, 1.54) is 49.7 Å². The third-order valence-corrected chi connectivity index (χ3v) is 4.29. The van der Waals surface area contributed by atoms with Crippen molar-refractivity contribution in [3.8, 4) is 5.75 Å². The van der Waals surface area contributed by atoms with E-state index in [1.54, 1.807) is 0 Å². The normalized spacial score (nSPS) is 19.4. The van der Waals surface area contributed by atoms with Gasteiger partial charge in [0.2, 0.25) is 0 Å². The van der Waals surface area contributed by atoms with Crippen molar-refractivity contribution in [1.29, 1.82) is 0 Å². The number of ether oxygens (including phenoxy) is 1. The number of nitrogens with one attached hydrogen (secondary N) is 1. The summed E-state index contributed by atoms with van der Waals surface area (Å²) in [6.07, 6.45) is 7.62. The Morgan fingerprint density at radius 1 is 1.11 bits per heavy atom. The lowest BCUT2D eigenvalue weighted by Crippen LogP contribution is -2.30. The number of hydrogen-bond donors (Lipinski definition) is 1. The van der Waals surface area contributed by atoms with Crippen LogP contribution in [0.2, 0.25) is 0 Å². The van der Waals surface area contributed by atoms with Gasteiger partial charge in [0, 0.05) is 0 Å². The lowest BCUT2D eigenvalue weighted by atomic mass is 9.91. The largest absolute Gasteiger partial charge is 0.493 e. The van der Waals surface area contributed by atoms with Crippen molar-refractivity contribution in [1.82, 2.24) is 5.32 Å². The van der Waals surface area contributed by atoms with Gasteiger partial charge in [0.25, 0.3) is 0 Å². The molecule has 2 aliphatic rings. The van der Waals surface area contributed by atoms with Crippen molar-refractivity contribution < 1.29 is 4.74 Å². The Labute approximate surface area is 122 Å². The van der Waals surface area contributed by atoms with Crippen LogP contribution in [0.4, 0.5) is 0 Å². The molecule has 0 spiro atoms. The third-order valence-electron chi connectivity index (χ3n) is 4.29. The summed E-state index contributed by atoms with van der Waals surface area (Å²) >= 11 is 0. The van der Waals surface area contributed by atoms with Crippen LogP contribution in [0, 0.1) is 5.92 Å². The first-order valence-corrected chi connectivity index (χ1v) is 7.38. The summed E-state index contributed by atoms with van der Waals surface area (Å²) in [5.41, 5.74) is 3.00. The highest BCUT2D eigenvalue weighted by Crippen LogP contribution is 2.30. The summed E-state index contributed by atoms with van der Waals surface area (Å²) in [5.74, 6) is 1.90. The average Bonchev–Trinajstić information content (AvgIpc) is 2.46. The van der Waals surface area contributed by atoms with Crippen LogP contribution in [0.25, 0.3) is 0 Å². The molecule has 2 nitrogen and oxygen atoms in total. The summed E-state index contributed by atoms with van der Waals surface area (Å²) in [6, 6.07) is 6.58. The quantitative estimate of drug-likeness (QED) is 0.917. The summed E-state index contributed by atoms with van der Waals surface area (Å²) in [4.78, 5) is 0. The number of aryl methyl sites for hydroxylation is 1. The molecule has 0 saturated carbocycles. The van der Waals surface area contributed by atoms with Crippen LogP contribution in [-0.2, 0) is 12.8 Å². The summed E-state index contributed by atoms with van der Waals surface area (Å²) < 4.78 is 6.12. The predicted octanol–water partition coefficient (Wildman–Crippen LogP) is 3.37. The lowest BCUT2D eigenvalue weighted by molar-refractivity contribution is 0.213. The molecule has 3 heteroatoms. The Morgan fingerprint density at radius 2 is 1.89 bits per heavy atom. The minimum atomic E-state index is 0. The van der Waals surface area contributed by atoms with Crippen molar-refractivity contribution in [3.05, 3.63) is 29.3 Å². The summed E-state index contributed by atoms with van der Waals surface area (Å²) in [5, 5.41) is 3.41. The maximum Gasteiger partial charge on any atom is 0.122 e. The molecule has 1 aliphatic carbocycles. The van der Waals surface area contributed by atoms with Gasteiger partial charge in [-0.2, -0.15) is 0 Å². The van der Waals surface area contributed by atoms with Crippen molar-refractivity contribution in [3.63, 3.8) is 0 Å². The number of rotatable bonds is 3. The molecule has 0 amide bonds. The van der Waals surface area contributed by atoms with E-state index in [1.807, 2.05) is 0 Å². The van der Waals surface area contributed by atoms with Crippen LogP contribution >= 0.6 is 12.4 Å². The van der Waals surface area contributed by atoms with Crippen molar-refractivity contribution in [2.45, 2.75) is 38.5 Å². The topological polar surface area (TPSA) is 21.3 Å². The van der Waals surface area contributed by atoms with Crippen molar-refractivity contribution >= 4 is 12.4 Å². The number of halogens is 1. The first-order valence-electron chi connectivity index (χ1n) is 7.38. The first kappa shape index (κ1) is 14.7. The van der Waals surface area contributed by atoms with Gasteiger partial charge in [-0.1, -0.05) is 12.1 Å². The van der Waals surface area contributed by atoms with Crippen LogP contribution in [0.3, 0.4) is 0 Å². The van der Waals surface area contributed by atoms with E-state index >= 15 is 0 Å². The highest BCUT2D eigenvalue weighted by Gasteiger charge is 2.17. The number of benzene rings is 1. The number of piperidine rings is 1. The van der Waals surface area contributed by atoms with Crippen molar-refractivity contribution in [2.24, 2.45) is 5.92 Å². The van der Waals surface area contributed by atoms with Gasteiger partial charge in [-0.15, -0.1) is 12.4 Å². The Morgan fingerprint density at radius 3 is 2.74 bits per heavy atom. The van der Waals surface area contributed by atoms with Gasteiger partial charge in [-0.25, -0.2) is 0 Å². The number of hydrogen-bond acceptors (Lipinski definition) is 2. The molecule has 0 aromatic heterocycles. The first-order chi connectivity index (χ1) is 8.93. The average molecular weight is 282 g/mol. The molecule has 1 fully saturated rings. The molecule has 0 atom stereocenters. The highest BCUT2D eigenvalue weighted by molar-refractivity contribution is 5.85. The van der Waals surface area contributed by atoms with Crippen LogP contribution in [0.15, 0.2) is 18.2 Å². The maximum atomic E-state index is 6.12. The van der Waals surface area contributed by atoms with E-state index in [-0.39, 0.29) is 12.4 Å². The second-order valence-electron chi connectivity index (χ2n) is 5.61. The van der Waals surface area contributed by atoms with Gasteiger partial charge in [-0.3, -0.25) is 0 Å². The monoisotopic (exact) mass is 281 g/mol. The third kappa shape index (κ3) is 3.64. The van der Waals surface area contributed by atoms with E-state index in [9.17, 15) is 0 Å². The molecule has 1 saturated heterocycles. The fraction of sp³-hybridized carbons (Fsp3) is 0.625. The standard InChI is InChI=1S/C16H23NO.ClH/c1-2-6-15-14(4-1)5-3-7-16(15)18-12-13-8-10-17-11-9-13;/h3,5,7,13,17H,1-2,4,6,8-12H2;1H. The molecule has 1 aromatic carbocycles. The second kappa shape index (κ2) is 7.16. The van der Waals surface area contributed by atoms with Crippen LogP contribution < -0.4 is 10.1 Å². The molecule has 106 valence electrons. The van der Waals surface area contributed by atoms with Gasteiger partial charge in [-0.05, 0) is 74.7 Å². The maximum absolute atomic E-state index is 6.12. The van der Waals surface area contributed by atoms with Crippen LogP contribution in [0.5, 0.6) is 5.75 Å². The Balaban J connectivity index is 0.00000133. The molecular weight excluding hydrogens is 258 g/mol. The van der Waals surface area contributed by atoms with Gasteiger partial charge in [0.15, 0.2) is 0 Å². The highest BCUT2D eigenvalue weighted by atomic mass is 35.5. The second-order valence-corrected chi connectivity index (χ2v) is 5.61. The van der Waals surface area contributed by atoms with E-state index in [2.05, 4.69) is 23.5 Å². The fourth-order valence-electron chi connectivity index (χ4n) is 3.14. The van der Waals surface area contributed by atoms with Gasteiger partial charge in [0.05, 0.1) is 6.61 Å². The molecule has 1 aliphatic heterocycles. The van der Waals surface area contributed by atoms with Crippen molar-refractivity contribution in [2.75, 3.05) is 19.7 Å². The predicted molar refractivity (Wildman–Crippen MR) is 81.4 cm³/mol. The molecular formula is C16H24ClNO. The molecule has 3 rings (SSSR count). The fourth-order valence-corrected chi connectivity index (χ4v) is 3.14. The molecule has 1 aromatic rings. The minimum Gasteiger partial charge on any atom is -0.493 e. The van der Waals surface area contributed by atoms with E-state index in [0.29, 0.717) is 0 Å². The van der Waals surface area contributed by atoms with Gasteiger partial charge < -0.3 is 10.1 Å². The zero-order valence-electron chi connectivity index (χ0n) is 11.5. The molecule has 1 N–H and O–H groups in total. The Kier molecular flexibility index (Phi) is 5.53. The molecule has 19 heavy (non-hydrogen) atoms. The lowest BCUT2D eigenvalue weighted by Gasteiger charge is -2.24. The van der Waals surface area contributed by atoms with Crippen LogP contribution in [0.1, 0.15) is 36.8 Å². The Bertz CT molecular complexity index is 402.